The molecule has 0 radical (unpaired) electrons. The summed E-state index contributed by atoms with van der Waals surface area (Å²) in [5.74, 6) is 0.561. The Hall–Kier alpha value is -2.46. The van der Waals surface area contributed by atoms with Gasteiger partial charge in [-0.15, -0.1) is 13.2 Å². The van der Waals surface area contributed by atoms with Gasteiger partial charge in [-0.25, -0.2) is 9.78 Å². The third-order valence-electron chi connectivity index (χ3n) is 3.83. The molecule has 7 nitrogen and oxygen atoms in total. The van der Waals surface area contributed by atoms with Crippen molar-refractivity contribution in [1.82, 2.24) is 9.88 Å². The molecule has 2 rings (SSSR count). The zero-order valence-corrected chi connectivity index (χ0v) is 18.2. The number of carbonyl (C=O) groups is 1. The minimum atomic E-state index is -4.85. The third-order valence-corrected chi connectivity index (χ3v) is 4.13. The first kappa shape index (κ1) is 24.8. The van der Waals surface area contributed by atoms with Gasteiger partial charge in [0.15, 0.2) is 5.89 Å². The first-order valence-electron chi connectivity index (χ1n) is 9.52. The summed E-state index contributed by atoms with van der Waals surface area (Å²) in [6.07, 6.45) is -3.00. The summed E-state index contributed by atoms with van der Waals surface area (Å²) < 4.78 is 52.2. The molecular weight excluding hydrogens is 439 g/mol. The fourth-order valence-electron chi connectivity index (χ4n) is 2.58. The molecule has 0 unspecified atom stereocenters. The highest BCUT2D eigenvalue weighted by molar-refractivity contribution is 6.32. The van der Waals surface area contributed by atoms with Gasteiger partial charge in [-0.05, 0) is 45.0 Å². The highest BCUT2D eigenvalue weighted by atomic mass is 35.5. The minimum Gasteiger partial charge on any atom is -0.446 e. The smallest absolute Gasteiger partial charge is 0.446 e. The summed E-state index contributed by atoms with van der Waals surface area (Å²) in [6.45, 7) is 5.88. The maximum atomic E-state index is 12.7. The number of alkyl halides is 3. The van der Waals surface area contributed by atoms with Crippen LogP contribution in [-0.4, -0.2) is 41.0 Å². The van der Waals surface area contributed by atoms with Crippen molar-refractivity contribution in [3.05, 3.63) is 46.6 Å². The second kappa shape index (κ2) is 10.2. The Kier molecular flexibility index (Phi) is 8.19. The van der Waals surface area contributed by atoms with Crippen LogP contribution in [0.15, 0.2) is 28.8 Å². The van der Waals surface area contributed by atoms with Crippen molar-refractivity contribution in [2.24, 2.45) is 5.73 Å². The first-order chi connectivity index (χ1) is 14.4. The topological polar surface area (TPSA) is 90.8 Å². The highest BCUT2D eigenvalue weighted by Gasteiger charge is 2.32. The van der Waals surface area contributed by atoms with E-state index in [0.717, 1.165) is 6.07 Å². The van der Waals surface area contributed by atoms with Crippen LogP contribution in [0.2, 0.25) is 5.02 Å². The second-order valence-corrected chi connectivity index (χ2v) is 8.13. The molecule has 0 saturated heterocycles. The van der Waals surface area contributed by atoms with Crippen molar-refractivity contribution in [3.8, 4) is 5.75 Å². The standard InChI is InChI=1S/C20H25ClF3N3O4/c1-19(2,3)31-18(28)27(9-7-17-26-11-14(29-17)6-8-25)12-13-4-5-16(15(21)10-13)30-20(22,23)24/h4-5,10-11H,6-9,12,25H2,1-3H3. The van der Waals surface area contributed by atoms with E-state index >= 15 is 0 Å². The lowest BCUT2D eigenvalue weighted by Gasteiger charge is -2.27. The summed E-state index contributed by atoms with van der Waals surface area (Å²) in [5.41, 5.74) is 5.27. The van der Waals surface area contributed by atoms with Crippen LogP contribution in [0.25, 0.3) is 0 Å². The molecule has 0 atom stereocenters. The van der Waals surface area contributed by atoms with Gasteiger partial charge in [0, 0.05) is 25.9 Å². The molecule has 0 aliphatic heterocycles. The molecule has 0 aliphatic carbocycles. The molecule has 0 bridgehead atoms. The van der Waals surface area contributed by atoms with Crippen LogP contribution in [0.1, 0.15) is 38.0 Å². The lowest BCUT2D eigenvalue weighted by molar-refractivity contribution is -0.274. The molecule has 2 aromatic rings. The monoisotopic (exact) mass is 463 g/mol. The molecule has 1 aromatic heterocycles. The van der Waals surface area contributed by atoms with Gasteiger partial charge in [0.1, 0.15) is 17.1 Å². The molecule has 11 heteroatoms. The fraction of sp³-hybridized carbons (Fsp3) is 0.500. The van der Waals surface area contributed by atoms with E-state index in [0.29, 0.717) is 36.6 Å². The average molecular weight is 464 g/mol. The maximum absolute atomic E-state index is 12.7. The van der Waals surface area contributed by atoms with Gasteiger partial charge in [0.2, 0.25) is 0 Å². The Balaban J connectivity index is 2.14. The summed E-state index contributed by atoms with van der Waals surface area (Å²) in [4.78, 5) is 18.2. The molecule has 0 aliphatic rings. The van der Waals surface area contributed by atoms with Crippen molar-refractivity contribution < 1.29 is 31.9 Å². The maximum Gasteiger partial charge on any atom is 0.573 e. The Morgan fingerprint density at radius 2 is 1.97 bits per heavy atom. The predicted octanol–water partition coefficient (Wildman–Crippen LogP) is 4.71. The van der Waals surface area contributed by atoms with Crippen LogP contribution in [0.4, 0.5) is 18.0 Å². The van der Waals surface area contributed by atoms with Gasteiger partial charge in [-0.2, -0.15) is 0 Å². The number of nitrogens with zero attached hydrogens (tertiary/aromatic N) is 2. The molecule has 1 amide bonds. The average Bonchev–Trinajstić information content (AvgIpc) is 3.06. The van der Waals surface area contributed by atoms with Crippen molar-refractivity contribution >= 4 is 17.7 Å². The summed E-state index contributed by atoms with van der Waals surface area (Å²) in [6, 6.07) is 3.81. The van der Waals surface area contributed by atoms with Crippen LogP contribution >= 0.6 is 11.6 Å². The number of benzene rings is 1. The van der Waals surface area contributed by atoms with E-state index in [1.807, 2.05) is 0 Å². The van der Waals surface area contributed by atoms with Crippen molar-refractivity contribution in [1.29, 1.82) is 0 Å². The zero-order valence-electron chi connectivity index (χ0n) is 17.5. The first-order valence-corrected chi connectivity index (χ1v) is 9.90. The van der Waals surface area contributed by atoms with Gasteiger partial charge in [-0.1, -0.05) is 17.7 Å². The molecule has 2 N–H and O–H groups in total. The van der Waals surface area contributed by atoms with E-state index in [4.69, 9.17) is 26.5 Å². The lowest BCUT2D eigenvalue weighted by atomic mass is 10.2. The molecule has 1 heterocycles. The Morgan fingerprint density at radius 3 is 2.55 bits per heavy atom. The third kappa shape index (κ3) is 8.66. The van der Waals surface area contributed by atoms with E-state index in [2.05, 4.69) is 9.72 Å². The molecule has 0 saturated carbocycles. The minimum absolute atomic E-state index is 0.0529. The van der Waals surface area contributed by atoms with E-state index in [9.17, 15) is 18.0 Å². The Bertz CT molecular complexity index is 881. The SMILES string of the molecule is CC(C)(C)OC(=O)N(CCc1ncc(CCN)o1)Cc1ccc(OC(F)(F)F)c(Cl)c1. The van der Waals surface area contributed by atoms with Gasteiger partial charge in [0.05, 0.1) is 11.2 Å². The van der Waals surface area contributed by atoms with Gasteiger partial charge in [-0.3, -0.25) is 0 Å². The van der Waals surface area contributed by atoms with Crippen molar-refractivity contribution in [3.63, 3.8) is 0 Å². The molecule has 0 fully saturated rings. The van der Waals surface area contributed by atoms with Crippen LogP contribution < -0.4 is 10.5 Å². The number of aromatic nitrogens is 1. The molecule has 1 aromatic carbocycles. The number of halogens is 4. The number of rotatable bonds is 8. The Labute approximate surface area is 183 Å². The van der Waals surface area contributed by atoms with E-state index in [1.54, 1.807) is 27.0 Å². The van der Waals surface area contributed by atoms with E-state index in [-0.39, 0.29) is 18.1 Å². The highest BCUT2D eigenvalue weighted by Crippen LogP contribution is 2.31. The number of amides is 1. The fourth-order valence-corrected chi connectivity index (χ4v) is 2.83. The zero-order chi connectivity index (χ0) is 23.2. The number of hydrogen-bond donors (Lipinski definition) is 1. The summed E-state index contributed by atoms with van der Waals surface area (Å²) in [7, 11) is 0. The van der Waals surface area contributed by atoms with Crippen LogP contribution in [0.3, 0.4) is 0 Å². The lowest BCUT2D eigenvalue weighted by Crippen LogP contribution is -2.37. The number of hydrogen-bond acceptors (Lipinski definition) is 6. The predicted molar refractivity (Wildman–Crippen MR) is 108 cm³/mol. The largest absolute Gasteiger partial charge is 0.573 e. The Morgan fingerprint density at radius 1 is 1.26 bits per heavy atom. The summed E-state index contributed by atoms with van der Waals surface area (Å²) in [5, 5.41) is -0.224. The van der Waals surface area contributed by atoms with Crippen LogP contribution in [0, 0.1) is 0 Å². The van der Waals surface area contributed by atoms with Crippen LogP contribution in [-0.2, 0) is 24.1 Å². The molecule has 172 valence electrons. The van der Waals surface area contributed by atoms with Gasteiger partial charge >= 0.3 is 12.5 Å². The number of oxazole rings is 1. The van der Waals surface area contributed by atoms with Crippen molar-refractivity contribution in [2.45, 2.75) is 52.1 Å². The normalized spacial score (nSPS) is 12.0. The number of carbonyl (C=O) groups excluding carboxylic acids is 1. The van der Waals surface area contributed by atoms with E-state index in [1.165, 1.54) is 17.0 Å². The number of nitrogens with two attached hydrogens (primary N) is 1. The van der Waals surface area contributed by atoms with Crippen molar-refractivity contribution in [2.75, 3.05) is 13.1 Å². The van der Waals surface area contributed by atoms with Crippen LogP contribution in [0.5, 0.6) is 5.75 Å². The number of ether oxygens (including phenoxy) is 2. The molecule has 31 heavy (non-hydrogen) atoms. The van der Waals surface area contributed by atoms with E-state index < -0.39 is 23.8 Å². The van der Waals surface area contributed by atoms with Gasteiger partial charge < -0.3 is 24.5 Å². The quantitative estimate of drug-likeness (QED) is 0.609. The summed E-state index contributed by atoms with van der Waals surface area (Å²) >= 11 is 5.92. The molecule has 0 spiro atoms. The molecular formula is C20H25ClF3N3O4. The second-order valence-electron chi connectivity index (χ2n) is 7.72. The van der Waals surface area contributed by atoms with Gasteiger partial charge in [0.25, 0.3) is 0 Å².